The van der Waals surface area contributed by atoms with Crippen molar-refractivity contribution in [3.05, 3.63) is 0 Å². The van der Waals surface area contributed by atoms with E-state index in [2.05, 4.69) is 26.2 Å². The largest absolute Gasteiger partial charge is 0.458 e. The highest BCUT2D eigenvalue weighted by molar-refractivity contribution is 6.77. The van der Waals surface area contributed by atoms with Crippen LogP contribution in [0.5, 0.6) is 0 Å². The first-order valence-corrected chi connectivity index (χ1v) is 10.8. The number of rotatable bonds is 6. The van der Waals surface area contributed by atoms with Gasteiger partial charge in [-0.1, -0.05) is 0 Å². The van der Waals surface area contributed by atoms with Crippen LogP contribution >= 0.6 is 0 Å². The molecule has 3 nitrogen and oxygen atoms in total. The predicted molar refractivity (Wildman–Crippen MR) is 59.7 cm³/mol. The second kappa shape index (κ2) is 5.92. The Kier molecular flexibility index (Phi) is 6.07. The molecule has 0 aromatic heterocycles. The van der Waals surface area contributed by atoms with Crippen molar-refractivity contribution in [1.29, 1.82) is 0 Å². The molecule has 0 aromatic rings. The van der Waals surface area contributed by atoms with E-state index in [1.807, 2.05) is 0 Å². The molecule has 0 aromatic carbocycles. The van der Waals surface area contributed by atoms with E-state index in [0.29, 0.717) is 6.42 Å². The maximum Gasteiger partial charge on any atom is 0.173 e. The smallest absolute Gasteiger partial charge is 0.173 e. The second-order valence-electron chi connectivity index (χ2n) is 4.30. The third kappa shape index (κ3) is 8.64. The Labute approximate surface area is 83.6 Å². The van der Waals surface area contributed by atoms with Crippen molar-refractivity contribution in [3.63, 3.8) is 0 Å². The summed E-state index contributed by atoms with van der Waals surface area (Å²) in [5, 5.41) is 17.3. The standard InChI is InChI=1S/C8H22O3Si2/c1-12(2)11-13(3,4)7-5-6-8(9)10/h8-10,12H,5-7H2,1-4H3. The molecular weight excluding hydrogens is 200 g/mol. The number of aliphatic hydroxyl groups is 2. The van der Waals surface area contributed by atoms with Gasteiger partial charge in [0.15, 0.2) is 23.6 Å². The number of hydrogen-bond donors (Lipinski definition) is 2. The number of aliphatic hydroxyl groups excluding tert-OH is 1. The van der Waals surface area contributed by atoms with Crippen molar-refractivity contribution in [2.24, 2.45) is 0 Å². The molecule has 0 spiro atoms. The van der Waals surface area contributed by atoms with Gasteiger partial charge >= 0.3 is 0 Å². The topological polar surface area (TPSA) is 49.7 Å². The average Bonchev–Trinajstić information content (AvgIpc) is 1.81. The van der Waals surface area contributed by atoms with E-state index in [9.17, 15) is 0 Å². The van der Waals surface area contributed by atoms with E-state index in [-0.39, 0.29) is 0 Å². The molecule has 80 valence electrons. The first-order chi connectivity index (χ1) is 5.83. The summed E-state index contributed by atoms with van der Waals surface area (Å²) in [4.78, 5) is 0. The molecule has 5 heteroatoms. The minimum atomic E-state index is -1.49. The molecule has 0 saturated heterocycles. The van der Waals surface area contributed by atoms with Crippen LogP contribution in [0.2, 0.25) is 32.2 Å². The van der Waals surface area contributed by atoms with Crippen LogP contribution in [0.1, 0.15) is 12.8 Å². The highest BCUT2D eigenvalue weighted by Gasteiger charge is 2.23. The van der Waals surface area contributed by atoms with Crippen molar-refractivity contribution in [3.8, 4) is 0 Å². The fourth-order valence-corrected chi connectivity index (χ4v) is 8.04. The summed E-state index contributed by atoms with van der Waals surface area (Å²) in [6.07, 6.45) is 0.179. The summed E-state index contributed by atoms with van der Waals surface area (Å²) in [7, 11) is -2.42. The van der Waals surface area contributed by atoms with Crippen molar-refractivity contribution < 1.29 is 14.3 Å². The third-order valence-corrected chi connectivity index (χ3v) is 7.79. The lowest BCUT2D eigenvalue weighted by Crippen LogP contribution is -2.35. The van der Waals surface area contributed by atoms with Crippen LogP contribution in [0, 0.1) is 0 Å². The van der Waals surface area contributed by atoms with Crippen LogP contribution in [-0.4, -0.2) is 33.9 Å². The van der Waals surface area contributed by atoms with Crippen LogP contribution < -0.4 is 0 Å². The molecule has 2 N–H and O–H groups in total. The second-order valence-corrected chi connectivity index (χ2v) is 11.4. The zero-order valence-corrected chi connectivity index (χ0v) is 11.2. The van der Waals surface area contributed by atoms with Gasteiger partial charge in [0.05, 0.1) is 0 Å². The van der Waals surface area contributed by atoms with Crippen molar-refractivity contribution >= 4 is 17.4 Å². The third-order valence-electron chi connectivity index (χ3n) is 1.80. The molecule has 0 heterocycles. The Bertz CT molecular complexity index is 137. The summed E-state index contributed by atoms with van der Waals surface area (Å²) in [5.41, 5.74) is 0. The molecule has 13 heavy (non-hydrogen) atoms. The lowest BCUT2D eigenvalue weighted by Gasteiger charge is -2.25. The summed E-state index contributed by atoms with van der Waals surface area (Å²) in [5.74, 6) is 0. The molecule has 0 aliphatic carbocycles. The Balaban J connectivity index is 3.62. The van der Waals surface area contributed by atoms with E-state index in [4.69, 9.17) is 14.3 Å². The molecule has 0 aliphatic rings. The molecule has 0 amide bonds. The summed E-state index contributed by atoms with van der Waals surface area (Å²) in [6.45, 7) is 8.75. The van der Waals surface area contributed by atoms with Crippen molar-refractivity contribution in [2.75, 3.05) is 0 Å². The molecule has 0 rings (SSSR count). The molecule has 0 bridgehead atoms. The lowest BCUT2D eigenvalue weighted by molar-refractivity contribution is -0.0454. The molecule has 0 saturated carbocycles. The summed E-state index contributed by atoms with van der Waals surface area (Å²) >= 11 is 0. The summed E-state index contributed by atoms with van der Waals surface area (Å²) in [6, 6.07) is 1.02. The molecule has 0 atom stereocenters. The van der Waals surface area contributed by atoms with Crippen molar-refractivity contribution in [1.82, 2.24) is 0 Å². The minimum Gasteiger partial charge on any atom is -0.458 e. The first kappa shape index (κ1) is 13.3. The van der Waals surface area contributed by atoms with Crippen LogP contribution in [0.4, 0.5) is 0 Å². The Morgan fingerprint density at radius 2 is 1.85 bits per heavy atom. The fraction of sp³-hybridized carbons (Fsp3) is 1.00. The monoisotopic (exact) mass is 222 g/mol. The van der Waals surface area contributed by atoms with Gasteiger partial charge < -0.3 is 14.3 Å². The molecule has 0 radical (unpaired) electrons. The molecule has 0 unspecified atom stereocenters. The predicted octanol–water partition coefficient (Wildman–Crippen LogP) is 1.28. The van der Waals surface area contributed by atoms with Gasteiger partial charge in [-0.15, -0.1) is 0 Å². The highest BCUT2D eigenvalue weighted by atomic mass is 28.4. The van der Waals surface area contributed by atoms with Crippen LogP contribution in [-0.2, 0) is 4.12 Å². The van der Waals surface area contributed by atoms with E-state index >= 15 is 0 Å². The van der Waals surface area contributed by atoms with Crippen LogP contribution in [0.15, 0.2) is 0 Å². The van der Waals surface area contributed by atoms with Gasteiger partial charge in [0.25, 0.3) is 0 Å². The van der Waals surface area contributed by atoms with E-state index < -0.39 is 23.6 Å². The van der Waals surface area contributed by atoms with Gasteiger partial charge in [0, 0.05) is 0 Å². The lowest BCUT2D eigenvalue weighted by atomic mass is 10.3. The van der Waals surface area contributed by atoms with Crippen LogP contribution in [0.25, 0.3) is 0 Å². The zero-order valence-electron chi connectivity index (χ0n) is 9.08. The molecule has 0 fully saturated rings. The average molecular weight is 222 g/mol. The van der Waals surface area contributed by atoms with E-state index in [1.54, 1.807) is 0 Å². The Morgan fingerprint density at radius 3 is 2.23 bits per heavy atom. The Morgan fingerprint density at radius 1 is 1.31 bits per heavy atom. The van der Waals surface area contributed by atoms with Gasteiger partial charge in [0.1, 0.15) is 0 Å². The molecular formula is C8H22O3Si2. The van der Waals surface area contributed by atoms with Gasteiger partial charge in [0.2, 0.25) is 0 Å². The van der Waals surface area contributed by atoms with Crippen LogP contribution in [0.3, 0.4) is 0 Å². The van der Waals surface area contributed by atoms with E-state index in [0.717, 1.165) is 12.5 Å². The van der Waals surface area contributed by atoms with Gasteiger partial charge in [-0.25, -0.2) is 0 Å². The van der Waals surface area contributed by atoms with Gasteiger partial charge in [-0.05, 0) is 45.1 Å². The van der Waals surface area contributed by atoms with Gasteiger partial charge in [-0.3, -0.25) is 0 Å². The SMILES string of the molecule is C[SiH](C)O[Si](C)(C)CCCC(O)O. The van der Waals surface area contributed by atoms with Crippen molar-refractivity contribution in [2.45, 2.75) is 51.4 Å². The normalized spacial score (nSPS) is 12.9. The highest BCUT2D eigenvalue weighted by Crippen LogP contribution is 2.16. The van der Waals surface area contributed by atoms with Gasteiger partial charge in [-0.2, -0.15) is 0 Å². The fourth-order valence-electron chi connectivity index (χ4n) is 1.41. The summed E-state index contributed by atoms with van der Waals surface area (Å²) < 4.78 is 5.93. The quantitative estimate of drug-likeness (QED) is 0.526. The zero-order chi connectivity index (χ0) is 10.5. The number of hydrogen-bond acceptors (Lipinski definition) is 3. The maximum absolute atomic E-state index is 8.67. The maximum atomic E-state index is 8.67. The Hall–Kier alpha value is 0.314. The molecule has 0 aliphatic heterocycles. The van der Waals surface area contributed by atoms with E-state index in [1.165, 1.54) is 0 Å². The minimum absolute atomic E-state index is 0.472. The first-order valence-electron chi connectivity index (χ1n) is 4.87.